The van der Waals surface area contributed by atoms with Crippen LogP contribution < -0.4 is 5.32 Å². The molecule has 3 rings (SSSR count). The summed E-state index contributed by atoms with van der Waals surface area (Å²) < 4.78 is 0. The number of hydrogen-bond donors (Lipinski definition) is 2. The second-order valence-corrected chi connectivity index (χ2v) is 5.76. The predicted molar refractivity (Wildman–Crippen MR) is 89.4 cm³/mol. The Kier molecular flexibility index (Phi) is 4.06. The van der Waals surface area contributed by atoms with Gasteiger partial charge in [-0.25, -0.2) is 0 Å². The highest BCUT2D eigenvalue weighted by atomic mass is 79.9. The Bertz CT molecular complexity index is 909. The van der Waals surface area contributed by atoms with Crippen molar-refractivity contribution >= 4 is 56.1 Å². The predicted octanol–water partition coefficient (Wildman–Crippen LogP) is 1.85. The van der Waals surface area contributed by atoms with E-state index in [0.717, 1.165) is 0 Å². The minimum absolute atomic E-state index is 0.0952. The first-order valence-electron chi connectivity index (χ1n) is 6.93. The number of carbonyl (C=O) groups excluding carboxylic acids is 3. The number of imide groups is 1. The van der Waals surface area contributed by atoms with Crippen molar-refractivity contribution in [2.75, 3.05) is 17.2 Å². The maximum absolute atomic E-state index is 12.6. The molecule has 2 N–H and O–H groups in total. The van der Waals surface area contributed by atoms with Crippen LogP contribution in [-0.4, -0.2) is 45.6 Å². The molecule has 0 aliphatic carbocycles. The summed E-state index contributed by atoms with van der Waals surface area (Å²) in [5.41, 5.74) is 0.854. The third-order valence-electron chi connectivity index (χ3n) is 3.63. The minimum atomic E-state index is -1.28. The van der Waals surface area contributed by atoms with Crippen LogP contribution in [0, 0.1) is 0 Å². The monoisotopic (exact) mass is 390 g/mol. The Morgan fingerprint density at radius 1 is 1.12 bits per heavy atom. The van der Waals surface area contributed by atoms with Crippen molar-refractivity contribution in [1.29, 1.82) is 0 Å². The largest absolute Gasteiger partial charge is 0.480 e. The summed E-state index contributed by atoms with van der Waals surface area (Å²) in [4.78, 5) is 48.2. The fourth-order valence-corrected chi connectivity index (χ4v) is 2.84. The van der Waals surface area contributed by atoms with Crippen molar-refractivity contribution in [3.63, 3.8) is 0 Å². The SMILES string of the molecule is O=C(O)CN1C(=O)c2cccc3cc(NC(=O)CBr)cc(c23)C1=O. The van der Waals surface area contributed by atoms with Crippen LogP contribution in [0.4, 0.5) is 5.69 Å². The summed E-state index contributed by atoms with van der Waals surface area (Å²) in [5.74, 6) is -2.91. The molecule has 122 valence electrons. The summed E-state index contributed by atoms with van der Waals surface area (Å²) in [6, 6.07) is 8.03. The van der Waals surface area contributed by atoms with E-state index in [1.807, 2.05) is 0 Å². The molecule has 1 heterocycles. The highest BCUT2D eigenvalue weighted by Gasteiger charge is 2.34. The molecule has 0 saturated heterocycles. The summed E-state index contributed by atoms with van der Waals surface area (Å²) >= 11 is 3.04. The smallest absolute Gasteiger partial charge is 0.323 e. The lowest BCUT2D eigenvalue weighted by atomic mass is 9.93. The molecule has 2 aromatic carbocycles. The first kappa shape index (κ1) is 16.1. The number of anilines is 1. The van der Waals surface area contributed by atoms with Gasteiger partial charge in [-0.2, -0.15) is 0 Å². The zero-order valence-electron chi connectivity index (χ0n) is 12.2. The van der Waals surface area contributed by atoms with Crippen LogP contribution in [0.5, 0.6) is 0 Å². The fourth-order valence-electron chi connectivity index (χ4n) is 2.70. The molecule has 0 saturated carbocycles. The lowest BCUT2D eigenvalue weighted by Crippen LogP contribution is -2.43. The van der Waals surface area contributed by atoms with Gasteiger partial charge in [0.05, 0.1) is 10.9 Å². The van der Waals surface area contributed by atoms with E-state index in [1.165, 1.54) is 6.07 Å². The maximum Gasteiger partial charge on any atom is 0.323 e. The van der Waals surface area contributed by atoms with Gasteiger partial charge in [-0.3, -0.25) is 24.1 Å². The number of hydrogen-bond acceptors (Lipinski definition) is 4. The number of nitrogens with zero attached hydrogens (tertiary/aromatic N) is 1. The Morgan fingerprint density at radius 2 is 1.83 bits per heavy atom. The molecule has 0 bridgehead atoms. The number of amides is 3. The van der Waals surface area contributed by atoms with Gasteiger partial charge < -0.3 is 10.4 Å². The van der Waals surface area contributed by atoms with Crippen LogP contribution in [0.1, 0.15) is 20.7 Å². The van der Waals surface area contributed by atoms with Crippen molar-refractivity contribution < 1.29 is 24.3 Å². The van der Waals surface area contributed by atoms with Gasteiger partial charge in [0, 0.05) is 16.6 Å². The zero-order chi connectivity index (χ0) is 17.4. The third-order valence-corrected chi connectivity index (χ3v) is 4.14. The van der Waals surface area contributed by atoms with Gasteiger partial charge in [-0.05, 0) is 23.6 Å². The van der Waals surface area contributed by atoms with Crippen LogP contribution >= 0.6 is 15.9 Å². The molecule has 24 heavy (non-hydrogen) atoms. The van der Waals surface area contributed by atoms with E-state index in [9.17, 15) is 19.2 Å². The Labute approximate surface area is 144 Å². The molecule has 0 aromatic heterocycles. The lowest BCUT2D eigenvalue weighted by Gasteiger charge is -2.26. The van der Waals surface area contributed by atoms with E-state index in [4.69, 9.17) is 5.11 Å². The van der Waals surface area contributed by atoms with Crippen LogP contribution in [-0.2, 0) is 9.59 Å². The average molecular weight is 391 g/mol. The fraction of sp³-hybridized carbons (Fsp3) is 0.125. The Balaban J connectivity index is 2.19. The van der Waals surface area contributed by atoms with Crippen LogP contribution in [0.25, 0.3) is 10.8 Å². The van der Waals surface area contributed by atoms with Crippen molar-refractivity contribution in [2.45, 2.75) is 0 Å². The average Bonchev–Trinajstić information content (AvgIpc) is 2.55. The van der Waals surface area contributed by atoms with Crippen molar-refractivity contribution in [3.8, 4) is 0 Å². The van der Waals surface area contributed by atoms with Crippen LogP contribution in [0.2, 0.25) is 0 Å². The maximum atomic E-state index is 12.6. The minimum Gasteiger partial charge on any atom is -0.480 e. The normalized spacial score (nSPS) is 13.3. The van der Waals surface area contributed by atoms with Crippen molar-refractivity contribution in [1.82, 2.24) is 4.90 Å². The molecule has 0 radical (unpaired) electrons. The Hall–Kier alpha value is -2.74. The molecule has 0 unspecified atom stereocenters. The highest BCUT2D eigenvalue weighted by molar-refractivity contribution is 9.09. The molecule has 3 amide bonds. The number of halogens is 1. The first-order chi connectivity index (χ1) is 11.4. The molecular formula is C16H11BrN2O5. The number of carbonyl (C=O) groups is 4. The number of aliphatic carboxylic acids is 1. The topological polar surface area (TPSA) is 104 Å². The molecule has 1 aliphatic rings. The Morgan fingerprint density at radius 3 is 2.50 bits per heavy atom. The summed E-state index contributed by atoms with van der Waals surface area (Å²) in [5, 5.41) is 12.7. The number of carboxylic acids is 1. The van der Waals surface area contributed by atoms with Gasteiger partial charge in [-0.1, -0.05) is 28.1 Å². The number of carboxylic acid groups (broad SMARTS) is 1. The van der Waals surface area contributed by atoms with Gasteiger partial charge in [-0.15, -0.1) is 0 Å². The third kappa shape index (κ3) is 2.65. The molecule has 7 nitrogen and oxygen atoms in total. The lowest BCUT2D eigenvalue weighted by molar-refractivity contribution is -0.137. The van der Waals surface area contributed by atoms with E-state index >= 15 is 0 Å². The zero-order valence-corrected chi connectivity index (χ0v) is 13.8. The molecular weight excluding hydrogens is 380 g/mol. The van der Waals surface area contributed by atoms with E-state index in [0.29, 0.717) is 21.4 Å². The van der Waals surface area contributed by atoms with E-state index in [2.05, 4.69) is 21.2 Å². The number of nitrogens with one attached hydrogen (secondary N) is 1. The van der Waals surface area contributed by atoms with Crippen molar-refractivity contribution in [2.24, 2.45) is 0 Å². The van der Waals surface area contributed by atoms with E-state index in [-0.39, 0.29) is 22.4 Å². The molecule has 0 fully saturated rings. The quantitative estimate of drug-likeness (QED) is 0.612. The van der Waals surface area contributed by atoms with E-state index < -0.39 is 24.3 Å². The highest BCUT2D eigenvalue weighted by Crippen LogP contribution is 2.32. The number of alkyl halides is 1. The van der Waals surface area contributed by atoms with Gasteiger partial charge in [0.1, 0.15) is 6.54 Å². The summed E-state index contributed by atoms with van der Waals surface area (Å²) in [6.45, 7) is -0.717. The molecule has 2 aromatic rings. The number of rotatable bonds is 4. The number of benzene rings is 2. The summed E-state index contributed by atoms with van der Waals surface area (Å²) in [7, 11) is 0. The van der Waals surface area contributed by atoms with Crippen molar-refractivity contribution in [3.05, 3.63) is 41.5 Å². The van der Waals surface area contributed by atoms with Crippen LogP contribution in [0.15, 0.2) is 30.3 Å². The first-order valence-corrected chi connectivity index (χ1v) is 8.05. The molecule has 8 heteroatoms. The molecule has 0 spiro atoms. The summed E-state index contributed by atoms with van der Waals surface area (Å²) in [6.07, 6.45) is 0. The standard InChI is InChI=1S/C16H11BrN2O5/c17-6-12(20)18-9-4-8-2-1-3-10-14(8)11(5-9)16(24)19(15(10)23)7-13(21)22/h1-5H,6-7H2,(H,18,20)(H,21,22). The van der Waals surface area contributed by atoms with Gasteiger partial charge >= 0.3 is 5.97 Å². The second-order valence-electron chi connectivity index (χ2n) is 5.20. The van der Waals surface area contributed by atoms with Gasteiger partial charge in [0.25, 0.3) is 11.8 Å². The van der Waals surface area contributed by atoms with E-state index in [1.54, 1.807) is 24.3 Å². The second kappa shape index (κ2) is 6.04. The molecule has 1 aliphatic heterocycles. The van der Waals surface area contributed by atoms with Gasteiger partial charge in [0.2, 0.25) is 5.91 Å². The van der Waals surface area contributed by atoms with Gasteiger partial charge in [0.15, 0.2) is 0 Å². The van der Waals surface area contributed by atoms with Crippen LogP contribution in [0.3, 0.4) is 0 Å². The molecule has 0 atom stereocenters.